The highest BCUT2D eigenvalue weighted by Crippen LogP contribution is 2.16. The van der Waals surface area contributed by atoms with Gasteiger partial charge in [0.15, 0.2) is 12.1 Å². The van der Waals surface area contributed by atoms with Crippen LogP contribution in [0.3, 0.4) is 0 Å². The molecule has 0 fully saturated rings. The number of hydrogen-bond donors (Lipinski definition) is 1. The standard InChI is InChI=1S/C58H101NO7/c1-6-8-10-12-14-16-18-20-22-24-26-27-28-29-31-33-35-37-39-41-43-45-47-49-57(61)66-54(52-64-51-50-55(58(62)63)59(3,4)5)53-65-56(60)48-46-44-42-40-38-36-34-32-30-25-23-21-19-17-15-13-11-9-7-2/h8-11,14-17,20-23,54-55H,6-7,12-13,18-19,24-53H2,1-5H3/p+1/b10-8+,11-9+,16-14+,17-15+,22-20+,23-21+. The zero-order chi connectivity index (χ0) is 48.4. The second kappa shape index (κ2) is 48.2. The summed E-state index contributed by atoms with van der Waals surface area (Å²) in [5.74, 6) is -1.47. The van der Waals surface area contributed by atoms with Crippen LogP contribution < -0.4 is 0 Å². The number of rotatable bonds is 48. The molecular weight excluding hydrogens is 823 g/mol. The number of ether oxygens (including phenoxy) is 3. The highest BCUT2D eigenvalue weighted by Gasteiger charge is 2.31. The SMILES string of the molecule is CC/C=C/C/C=C/C/C=C/CCCCCCCCCCCCCCCC(=O)OC(COCCC(C(=O)O)[N+](C)(C)C)COC(=O)CCCCCCCCCCC/C=C/C/C=C/C/C=C/CC. The van der Waals surface area contributed by atoms with Crippen molar-refractivity contribution < 1.29 is 38.2 Å². The van der Waals surface area contributed by atoms with Gasteiger partial charge in [0.25, 0.3) is 0 Å². The molecule has 0 aliphatic heterocycles. The van der Waals surface area contributed by atoms with Crippen molar-refractivity contribution in [3.05, 3.63) is 72.9 Å². The highest BCUT2D eigenvalue weighted by molar-refractivity contribution is 5.72. The first kappa shape index (κ1) is 62.8. The Balaban J connectivity index is 4.20. The number of likely N-dealkylation sites (N-methyl/N-ethyl adjacent to an activating group) is 1. The molecular formula is C58H102NO7+. The molecule has 8 nitrogen and oxygen atoms in total. The molecule has 0 aromatic rings. The van der Waals surface area contributed by atoms with Crippen molar-refractivity contribution in [2.75, 3.05) is 41.0 Å². The molecule has 0 saturated carbocycles. The average molecular weight is 925 g/mol. The third-order valence-electron chi connectivity index (χ3n) is 11.9. The molecule has 66 heavy (non-hydrogen) atoms. The van der Waals surface area contributed by atoms with E-state index in [-0.39, 0.29) is 36.2 Å². The van der Waals surface area contributed by atoms with Gasteiger partial charge in [-0.2, -0.15) is 0 Å². The average Bonchev–Trinajstić information content (AvgIpc) is 3.28. The van der Waals surface area contributed by atoms with Crippen LogP contribution in [0.25, 0.3) is 0 Å². The molecule has 0 heterocycles. The Hall–Kier alpha value is -3.23. The summed E-state index contributed by atoms with van der Waals surface area (Å²) in [6.07, 6.45) is 62.4. The first-order valence-electron chi connectivity index (χ1n) is 27.0. The predicted molar refractivity (Wildman–Crippen MR) is 280 cm³/mol. The molecule has 0 aliphatic carbocycles. The lowest BCUT2D eigenvalue weighted by Crippen LogP contribution is -2.50. The van der Waals surface area contributed by atoms with E-state index in [1.807, 2.05) is 21.1 Å². The monoisotopic (exact) mass is 925 g/mol. The van der Waals surface area contributed by atoms with Crippen LogP contribution in [0.5, 0.6) is 0 Å². The maximum absolute atomic E-state index is 12.8. The van der Waals surface area contributed by atoms with Gasteiger partial charge >= 0.3 is 17.9 Å². The van der Waals surface area contributed by atoms with Gasteiger partial charge in [-0.15, -0.1) is 0 Å². The fourth-order valence-electron chi connectivity index (χ4n) is 7.77. The Morgan fingerprint density at radius 1 is 0.455 bits per heavy atom. The van der Waals surface area contributed by atoms with E-state index < -0.39 is 18.1 Å². The van der Waals surface area contributed by atoms with E-state index in [1.54, 1.807) is 0 Å². The number of carboxylic acid groups (broad SMARTS) is 1. The summed E-state index contributed by atoms with van der Waals surface area (Å²) in [5.41, 5.74) is 0. The lowest BCUT2D eigenvalue weighted by atomic mass is 10.0. The van der Waals surface area contributed by atoms with Gasteiger partial charge in [-0.3, -0.25) is 9.59 Å². The van der Waals surface area contributed by atoms with E-state index in [9.17, 15) is 19.5 Å². The number of nitrogens with zero attached hydrogens (tertiary/aromatic N) is 1. The molecule has 0 aliphatic rings. The molecule has 0 radical (unpaired) electrons. The fraction of sp³-hybridized carbons (Fsp3) is 0.741. The topological polar surface area (TPSA) is 99.1 Å². The van der Waals surface area contributed by atoms with Gasteiger partial charge < -0.3 is 23.8 Å². The zero-order valence-corrected chi connectivity index (χ0v) is 43.4. The van der Waals surface area contributed by atoms with Crippen LogP contribution in [0.1, 0.15) is 226 Å². The third-order valence-corrected chi connectivity index (χ3v) is 11.9. The van der Waals surface area contributed by atoms with Crippen LogP contribution in [-0.2, 0) is 28.6 Å². The van der Waals surface area contributed by atoms with Crippen molar-refractivity contribution in [2.45, 2.75) is 238 Å². The van der Waals surface area contributed by atoms with Crippen LogP contribution in [-0.4, -0.2) is 80.6 Å². The molecule has 0 amide bonds. The molecule has 2 unspecified atom stereocenters. The molecule has 380 valence electrons. The Bertz CT molecular complexity index is 1310. The van der Waals surface area contributed by atoms with Crippen molar-refractivity contribution >= 4 is 17.9 Å². The minimum atomic E-state index is -0.876. The quantitative estimate of drug-likeness (QED) is 0.0281. The molecule has 0 rings (SSSR count). The summed E-state index contributed by atoms with van der Waals surface area (Å²) in [6, 6.07) is -0.619. The normalized spacial score (nSPS) is 13.4. The van der Waals surface area contributed by atoms with Gasteiger partial charge in [-0.25, -0.2) is 4.79 Å². The predicted octanol–water partition coefficient (Wildman–Crippen LogP) is 15.9. The number of hydrogen-bond acceptors (Lipinski definition) is 6. The van der Waals surface area contributed by atoms with Crippen LogP contribution in [0.2, 0.25) is 0 Å². The first-order chi connectivity index (χ1) is 32.1. The lowest BCUT2D eigenvalue weighted by Gasteiger charge is -2.31. The lowest BCUT2D eigenvalue weighted by molar-refractivity contribution is -0.887. The van der Waals surface area contributed by atoms with Gasteiger partial charge in [0.1, 0.15) is 6.61 Å². The van der Waals surface area contributed by atoms with Crippen molar-refractivity contribution in [3.8, 4) is 0 Å². The second-order valence-electron chi connectivity index (χ2n) is 19.1. The Kier molecular flexibility index (Phi) is 45.9. The second-order valence-corrected chi connectivity index (χ2v) is 19.1. The van der Waals surface area contributed by atoms with Crippen molar-refractivity contribution in [2.24, 2.45) is 0 Å². The van der Waals surface area contributed by atoms with Crippen LogP contribution >= 0.6 is 0 Å². The Morgan fingerprint density at radius 3 is 1.18 bits per heavy atom. The van der Waals surface area contributed by atoms with E-state index in [1.165, 1.54) is 109 Å². The number of carbonyl (C=O) groups is 3. The Labute approximate surface area is 406 Å². The number of aliphatic carboxylic acids is 1. The number of esters is 2. The minimum absolute atomic E-state index is 0.0558. The van der Waals surface area contributed by atoms with Crippen LogP contribution in [0.4, 0.5) is 0 Å². The molecule has 0 spiro atoms. The zero-order valence-electron chi connectivity index (χ0n) is 43.4. The van der Waals surface area contributed by atoms with E-state index in [2.05, 4.69) is 86.8 Å². The number of carbonyl (C=O) groups excluding carboxylic acids is 2. The molecule has 2 atom stereocenters. The van der Waals surface area contributed by atoms with E-state index in [0.717, 1.165) is 83.5 Å². The minimum Gasteiger partial charge on any atom is -0.477 e. The van der Waals surface area contributed by atoms with Crippen molar-refractivity contribution in [1.82, 2.24) is 0 Å². The van der Waals surface area contributed by atoms with Gasteiger partial charge in [0, 0.05) is 19.3 Å². The van der Waals surface area contributed by atoms with E-state index in [4.69, 9.17) is 14.2 Å². The summed E-state index contributed by atoms with van der Waals surface area (Å²) >= 11 is 0. The number of allylic oxidation sites excluding steroid dienone is 12. The summed E-state index contributed by atoms with van der Waals surface area (Å²) < 4.78 is 17.4. The van der Waals surface area contributed by atoms with Crippen molar-refractivity contribution in [1.29, 1.82) is 0 Å². The van der Waals surface area contributed by atoms with Crippen LogP contribution in [0, 0.1) is 0 Å². The number of unbranched alkanes of at least 4 members (excludes halogenated alkanes) is 22. The van der Waals surface area contributed by atoms with E-state index >= 15 is 0 Å². The highest BCUT2D eigenvalue weighted by atomic mass is 16.6. The largest absolute Gasteiger partial charge is 0.477 e. The molecule has 8 heteroatoms. The van der Waals surface area contributed by atoms with Gasteiger partial charge in [0.05, 0.1) is 34.4 Å². The summed E-state index contributed by atoms with van der Waals surface area (Å²) in [6.45, 7) is 4.53. The summed E-state index contributed by atoms with van der Waals surface area (Å²) in [4.78, 5) is 37.2. The van der Waals surface area contributed by atoms with E-state index in [0.29, 0.717) is 19.3 Å². The number of quaternary nitrogens is 1. The van der Waals surface area contributed by atoms with Crippen molar-refractivity contribution in [3.63, 3.8) is 0 Å². The third kappa shape index (κ3) is 45.9. The summed E-state index contributed by atoms with van der Waals surface area (Å²) in [7, 11) is 5.54. The molecule has 0 aromatic heterocycles. The van der Waals surface area contributed by atoms with Gasteiger partial charge in [-0.1, -0.05) is 202 Å². The van der Waals surface area contributed by atoms with Gasteiger partial charge in [0.2, 0.25) is 0 Å². The molecule has 0 aromatic carbocycles. The van der Waals surface area contributed by atoms with Gasteiger partial charge in [-0.05, 0) is 77.0 Å². The molecule has 0 bridgehead atoms. The maximum atomic E-state index is 12.8. The Morgan fingerprint density at radius 2 is 0.803 bits per heavy atom. The summed E-state index contributed by atoms with van der Waals surface area (Å²) in [5, 5.41) is 9.67. The maximum Gasteiger partial charge on any atom is 0.362 e. The molecule has 0 saturated heterocycles. The first-order valence-corrected chi connectivity index (χ1v) is 27.0. The number of carboxylic acids is 1. The molecule has 1 N–H and O–H groups in total. The van der Waals surface area contributed by atoms with Crippen LogP contribution in [0.15, 0.2) is 72.9 Å². The smallest absolute Gasteiger partial charge is 0.362 e. The fourth-order valence-corrected chi connectivity index (χ4v) is 7.77.